The molecule has 2 amide bonds. The Morgan fingerprint density at radius 3 is 2.25 bits per heavy atom. The van der Waals surface area contributed by atoms with Crippen molar-refractivity contribution in [3.8, 4) is 0 Å². The predicted molar refractivity (Wildman–Crippen MR) is 115 cm³/mol. The molecule has 1 aromatic heterocycles. The summed E-state index contributed by atoms with van der Waals surface area (Å²) in [6.45, 7) is 3.82. The summed E-state index contributed by atoms with van der Waals surface area (Å²) < 4.78 is 0. The van der Waals surface area contributed by atoms with Crippen molar-refractivity contribution in [1.82, 2.24) is 5.32 Å². The monoisotopic (exact) mass is 393 g/mol. The Balaban J connectivity index is 1.68. The number of carbonyl (C=O) groups is 2. The number of hydrogen-bond acceptors (Lipinski definition) is 4. The Hall–Kier alpha value is -3.12. The summed E-state index contributed by atoms with van der Waals surface area (Å²) in [7, 11) is 0. The van der Waals surface area contributed by atoms with E-state index >= 15 is 0 Å². The van der Waals surface area contributed by atoms with E-state index in [1.165, 1.54) is 11.3 Å². The highest BCUT2D eigenvalue weighted by Crippen LogP contribution is 2.20. The number of thiophene rings is 1. The number of anilines is 3. The molecule has 0 saturated carbocycles. The van der Waals surface area contributed by atoms with Crippen molar-refractivity contribution >= 4 is 40.2 Å². The highest BCUT2D eigenvalue weighted by atomic mass is 32.1. The van der Waals surface area contributed by atoms with E-state index in [1.54, 1.807) is 6.07 Å². The van der Waals surface area contributed by atoms with Gasteiger partial charge in [0.2, 0.25) is 5.91 Å². The molecule has 0 aliphatic heterocycles. The molecule has 0 spiro atoms. The van der Waals surface area contributed by atoms with Crippen molar-refractivity contribution in [2.75, 3.05) is 10.6 Å². The largest absolute Gasteiger partial charge is 0.355 e. The SMILES string of the molecule is CC(C)C(NC(=O)c1cccs1)C(=O)Nc1cccc(Nc2ccccc2)c1. The highest BCUT2D eigenvalue weighted by molar-refractivity contribution is 7.12. The van der Waals surface area contributed by atoms with Gasteiger partial charge in [-0.2, -0.15) is 0 Å². The molecular weight excluding hydrogens is 370 g/mol. The zero-order valence-corrected chi connectivity index (χ0v) is 16.6. The van der Waals surface area contributed by atoms with Gasteiger partial charge in [-0.25, -0.2) is 0 Å². The molecule has 144 valence electrons. The third-order valence-electron chi connectivity index (χ3n) is 4.17. The van der Waals surface area contributed by atoms with Gasteiger partial charge in [-0.05, 0) is 47.7 Å². The molecule has 0 fully saturated rings. The van der Waals surface area contributed by atoms with E-state index in [1.807, 2.05) is 79.9 Å². The topological polar surface area (TPSA) is 70.2 Å². The Morgan fingerprint density at radius 1 is 0.857 bits per heavy atom. The molecule has 28 heavy (non-hydrogen) atoms. The van der Waals surface area contributed by atoms with E-state index in [4.69, 9.17) is 0 Å². The summed E-state index contributed by atoms with van der Waals surface area (Å²) in [5.74, 6) is -0.519. The zero-order chi connectivity index (χ0) is 19.9. The molecule has 2 aromatic carbocycles. The molecule has 6 heteroatoms. The van der Waals surface area contributed by atoms with Crippen molar-refractivity contribution in [2.24, 2.45) is 5.92 Å². The Kier molecular flexibility index (Phi) is 6.45. The number of hydrogen-bond donors (Lipinski definition) is 3. The maximum atomic E-state index is 12.8. The van der Waals surface area contributed by atoms with Gasteiger partial charge in [0.05, 0.1) is 4.88 Å². The fraction of sp³-hybridized carbons (Fsp3) is 0.182. The molecule has 0 aliphatic rings. The minimum absolute atomic E-state index is 0.0467. The Labute approximate surface area is 168 Å². The summed E-state index contributed by atoms with van der Waals surface area (Å²) >= 11 is 1.35. The van der Waals surface area contributed by atoms with E-state index in [9.17, 15) is 9.59 Å². The van der Waals surface area contributed by atoms with Crippen LogP contribution in [0.4, 0.5) is 17.1 Å². The van der Waals surface area contributed by atoms with Gasteiger partial charge in [-0.1, -0.05) is 44.2 Å². The number of amides is 2. The quantitative estimate of drug-likeness (QED) is 0.535. The van der Waals surface area contributed by atoms with Crippen LogP contribution in [0.5, 0.6) is 0 Å². The Morgan fingerprint density at radius 2 is 1.57 bits per heavy atom. The normalized spacial score (nSPS) is 11.7. The van der Waals surface area contributed by atoms with Crippen molar-refractivity contribution in [2.45, 2.75) is 19.9 Å². The second kappa shape index (κ2) is 9.19. The molecule has 0 radical (unpaired) electrons. The van der Waals surface area contributed by atoms with Gasteiger partial charge in [-0.15, -0.1) is 11.3 Å². The van der Waals surface area contributed by atoms with E-state index in [2.05, 4.69) is 16.0 Å². The highest BCUT2D eigenvalue weighted by Gasteiger charge is 2.25. The van der Waals surface area contributed by atoms with Crippen LogP contribution >= 0.6 is 11.3 Å². The lowest BCUT2D eigenvalue weighted by atomic mass is 10.0. The molecule has 1 heterocycles. The number of rotatable bonds is 7. The van der Waals surface area contributed by atoms with Crippen LogP contribution in [-0.2, 0) is 4.79 Å². The van der Waals surface area contributed by atoms with E-state index in [-0.39, 0.29) is 17.7 Å². The number of carbonyl (C=O) groups excluding carboxylic acids is 2. The lowest BCUT2D eigenvalue weighted by molar-refractivity contribution is -0.118. The van der Waals surface area contributed by atoms with E-state index in [0.29, 0.717) is 10.6 Å². The van der Waals surface area contributed by atoms with Crippen LogP contribution < -0.4 is 16.0 Å². The summed E-state index contributed by atoms with van der Waals surface area (Å²) in [5, 5.41) is 10.9. The second-order valence-corrected chi connectivity index (χ2v) is 7.68. The minimum Gasteiger partial charge on any atom is -0.355 e. The first kappa shape index (κ1) is 19.6. The van der Waals surface area contributed by atoms with Gasteiger partial charge in [-0.3, -0.25) is 9.59 Å². The molecule has 3 aromatic rings. The third kappa shape index (κ3) is 5.20. The fourth-order valence-electron chi connectivity index (χ4n) is 2.74. The lowest BCUT2D eigenvalue weighted by Crippen LogP contribution is -2.46. The van der Waals surface area contributed by atoms with E-state index in [0.717, 1.165) is 11.4 Å². The second-order valence-electron chi connectivity index (χ2n) is 6.73. The molecule has 1 unspecified atom stereocenters. The first-order valence-electron chi connectivity index (χ1n) is 9.10. The molecule has 0 saturated heterocycles. The number of para-hydroxylation sites is 1. The molecule has 5 nitrogen and oxygen atoms in total. The van der Waals surface area contributed by atoms with Gasteiger partial charge in [0, 0.05) is 17.1 Å². The summed E-state index contributed by atoms with van der Waals surface area (Å²) in [6, 6.07) is 20.2. The van der Waals surface area contributed by atoms with Crippen LogP contribution in [0.15, 0.2) is 72.1 Å². The summed E-state index contributed by atoms with van der Waals surface area (Å²) in [4.78, 5) is 25.7. The van der Waals surface area contributed by atoms with Crippen LogP contribution in [-0.4, -0.2) is 17.9 Å². The smallest absolute Gasteiger partial charge is 0.262 e. The standard InChI is InChI=1S/C22H23N3O2S/c1-15(2)20(25-21(26)19-12-7-13-28-19)22(27)24-18-11-6-10-17(14-18)23-16-8-4-3-5-9-16/h3-15,20,23H,1-2H3,(H,24,27)(H,25,26). The average molecular weight is 394 g/mol. The van der Waals surface area contributed by atoms with Gasteiger partial charge in [0.25, 0.3) is 5.91 Å². The van der Waals surface area contributed by atoms with Gasteiger partial charge < -0.3 is 16.0 Å². The van der Waals surface area contributed by atoms with Crippen molar-refractivity contribution in [3.05, 3.63) is 77.0 Å². The van der Waals surface area contributed by atoms with Crippen LogP contribution in [0.25, 0.3) is 0 Å². The van der Waals surface area contributed by atoms with Gasteiger partial charge in [0.15, 0.2) is 0 Å². The van der Waals surface area contributed by atoms with Crippen LogP contribution in [0, 0.1) is 5.92 Å². The van der Waals surface area contributed by atoms with Crippen molar-refractivity contribution in [3.63, 3.8) is 0 Å². The molecule has 0 bridgehead atoms. The summed E-state index contributed by atoms with van der Waals surface area (Å²) in [5.41, 5.74) is 2.50. The third-order valence-corrected chi connectivity index (χ3v) is 5.04. The fourth-order valence-corrected chi connectivity index (χ4v) is 3.36. The number of benzene rings is 2. The van der Waals surface area contributed by atoms with Gasteiger partial charge >= 0.3 is 0 Å². The first-order chi connectivity index (χ1) is 13.5. The van der Waals surface area contributed by atoms with Gasteiger partial charge in [0.1, 0.15) is 6.04 Å². The molecular formula is C22H23N3O2S. The van der Waals surface area contributed by atoms with E-state index < -0.39 is 6.04 Å². The minimum atomic E-state index is -0.625. The molecule has 1 atom stereocenters. The number of nitrogens with one attached hydrogen (secondary N) is 3. The van der Waals surface area contributed by atoms with Crippen LogP contribution in [0.1, 0.15) is 23.5 Å². The van der Waals surface area contributed by atoms with Crippen molar-refractivity contribution in [1.29, 1.82) is 0 Å². The predicted octanol–water partition coefficient (Wildman–Crippen LogP) is 4.88. The van der Waals surface area contributed by atoms with Crippen LogP contribution in [0.2, 0.25) is 0 Å². The summed E-state index contributed by atoms with van der Waals surface area (Å²) in [6.07, 6.45) is 0. The average Bonchev–Trinajstić information content (AvgIpc) is 3.21. The lowest BCUT2D eigenvalue weighted by Gasteiger charge is -2.21. The van der Waals surface area contributed by atoms with Crippen LogP contribution in [0.3, 0.4) is 0 Å². The molecule has 3 rings (SSSR count). The molecule has 3 N–H and O–H groups in total. The molecule has 0 aliphatic carbocycles. The zero-order valence-electron chi connectivity index (χ0n) is 15.8. The van der Waals surface area contributed by atoms with Crippen molar-refractivity contribution < 1.29 is 9.59 Å². The first-order valence-corrected chi connectivity index (χ1v) is 9.98. The Bertz CT molecular complexity index is 924. The maximum absolute atomic E-state index is 12.8. The maximum Gasteiger partial charge on any atom is 0.262 e.